The van der Waals surface area contributed by atoms with Gasteiger partial charge in [0.2, 0.25) is 5.91 Å². The summed E-state index contributed by atoms with van der Waals surface area (Å²) in [5.41, 5.74) is 1.76. The second-order valence-corrected chi connectivity index (χ2v) is 7.78. The van der Waals surface area contributed by atoms with Gasteiger partial charge in [0.15, 0.2) is 0 Å². The number of likely N-dealkylation sites (tertiary alicyclic amines) is 1. The van der Waals surface area contributed by atoms with Gasteiger partial charge in [0.1, 0.15) is 5.01 Å². The number of piperidine rings is 1. The predicted octanol–water partition coefficient (Wildman–Crippen LogP) is 4.70. The van der Waals surface area contributed by atoms with Gasteiger partial charge in [-0.2, -0.15) is 0 Å². The van der Waals surface area contributed by atoms with Crippen LogP contribution in [0.4, 0.5) is 0 Å². The summed E-state index contributed by atoms with van der Waals surface area (Å²) >= 11 is 7.77. The molecule has 1 aromatic carbocycles. The molecule has 0 spiro atoms. The van der Waals surface area contributed by atoms with Crippen LogP contribution in [0.3, 0.4) is 0 Å². The SMILES string of the molecule is CNCCC1CCN(C(=O)Cc2csc(-c3ccccc3Cl)n2)CC1.Cl.Cl. The van der Waals surface area contributed by atoms with Gasteiger partial charge in [-0.05, 0) is 44.8 Å². The number of halogens is 3. The van der Waals surface area contributed by atoms with Gasteiger partial charge in [0, 0.05) is 24.0 Å². The van der Waals surface area contributed by atoms with E-state index in [9.17, 15) is 4.79 Å². The number of amides is 1. The van der Waals surface area contributed by atoms with Gasteiger partial charge in [-0.15, -0.1) is 36.2 Å². The minimum Gasteiger partial charge on any atom is -0.342 e. The first-order valence-corrected chi connectivity index (χ1v) is 10.0. The van der Waals surface area contributed by atoms with E-state index in [2.05, 4.69) is 10.3 Å². The van der Waals surface area contributed by atoms with Crippen LogP contribution in [0.5, 0.6) is 0 Å². The van der Waals surface area contributed by atoms with E-state index < -0.39 is 0 Å². The van der Waals surface area contributed by atoms with E-state index in [1.807, 2.05) is 41.6 Å². The van der Waals surface area contributed by atoms with Crippen molar-refractivity contribution >= 4 is 53.7 Å². The molecule has 27 heavy (non-hydrogen) atoms. The van der Waals surface area contributed by atoms with Gasteiger partial charge in [0.25, 0.3) is 0 Å². The summed E-state index contributed by atoms with van der Waals surface area (Å²) in [5, 5.41) is 6.74. The maximum absolute atomic E-state index is 12.6. The van der Waals surface area contributed by atoms with Crippen molar-refractivity contribution in [2.24, 2.45) is 5.92 Å². The van der Waals surface area contributed by atoms with E-state index in [4.69, 9.17) is 11.6 Å². The molecule has 0 atom stereocenters. The Morgan fingerprint density at radius 2 is 2.00 bits per heavy atom. The zero-order chi connectivity index (χ0) is 17.6. The van der Waals surface area contributed by atoms with Crippen molar-refractivity contribution in [3.8, 4) is 10.6 Å². The fourth-order valence-electron chi connectivity index (χ4n) is 3.23. The molecule has 2 aromatic rings. The number of rotatable bonds is 6. The van der Waals surface area contributed by atoms with Gasteiger partial charge in [-0.3, -0.25) is 4.79 Å². The van der Waals surface area contributed by atoms with E-state index >= 15 is 0 Å². The van der Waals surface area contributed by atoms with Crippen LogP contribution in [0.2, 0.25) is 5.02 Å². The first kappa shape index (κ1) is 24.2. The molecule has 1 amide bonds. The lowest BCUT2D eigenvalue weighted by Crippen LogP contribution is -2.39. The molecule has 4 nitrogen and oxygen atoms in total. The van der Waals surface area contributed by atoms with Crippen LogP contribution in [0.25, 0.3) is 10.6 Å². The van der Waals surface area contributed by atoms with Crippen molar-refractivity contribution in [1.82, 2.24) is 15.2 Å². The molecule has 1 fully saturated rings. The van der Waals surface area contributed by atoms with Gasteiger partial charge >= 0.3 is 0 Å². The number of nitrogens with one attached hydrogen (secondary N) is 1. The highest BCUT2D eigenvalue weighted by molar-refractivity contribution is 7.13. The Labute approximate surface area is 182 Å². The van der Waals surface area contributed by atoms with Crippen molar-refractivity contribution in [2.75, 3.05) is 26.7 Å². The van der Waals surface area contributed by atoms with Crippen LogP contribution < -0.4 is 5.32 Å². The molecule has 0 aliphatic carbocycles. The molecule has 0 radical (unpaired) electrons. The molecule has 3 rings (SSSR count). The van der Waals surface area contributed by atoms with Crippen LogP contribution >= 0.6 is 47.8 Å². The molecule has 0 unspecified atom stereocenters. The summed E-state index contributed by atoms with van der Waals surface area (Å²) < 4.78 is 0. The van der Waals surface area contributed by atoms with E-state index in [0.717, 1.165) is 54.7 Å². The highest BCUT2D eigenvalue weighted by atomic mass is 35.5. The molecule has 1 N–H and O–H groups in total. The largest absolute Gasteiger partial charge is 0.342 e. The number of aromatic nitrogens is 1. The third kappa shape index (κ3) is 6.61. The van der Waals surface area contributed by atoms with Gasteiger partial charge in [0.05, 0.1) is 17.1 Å². The summed E-state index contributed by atoms with van der Waals surface area (Å²) in [6.07, 6.45) is 3.79. The monoisotopic (exact) mass is 449 g/mol. The molecule has 150 valence electrons. The smallest absolute Gasteiger partial charge is 0.228 e. The third-order valence-electron chi connectivity index (χ3n) is 4.76. The Kier molecular flexibility index (Phi) is 10.6. The summed E-state index contributed by atoms with van der Waals surface area (Å²) in [4.78, 5) is 19.2. The number of thiazole rings is 1. The highest BCUT2D eigenvalue weighted by Gasteiger charge is 2.23. The van der Waals surface area contributed by atoms with Crippen LogP contribution in [0, 0.1) is 5.92 Å². The molecule has 1 saturated heterocycles. The number of hydrogen-bond acceptors (Lipinski definition) is 4. The second-order valence-electron chi connectivity index (χ2n) is 6.52. The fourth-order valence-corrected chi connectivity index (χ4v) is 4.37. The fraction of sp³-hybridized carbons (Fsp3) is 0.474. The lowest BCUT2D eigenvalue weighted by Gasteiger charge is -2.32. The van der Waals surface area contributed by atoms with E-state index in [1.54, 1.807) is 11.3 Å². The first-order chi connectivity index (χ1) is 12.2. The van der Waals surface area contributed by atoms with Gasteiger partial charge in [-0.25, -0.2) is 4.98 Å². The number of hydrogen-bond donors (Lipinski definition) is 1. The minimum absolute atomic E-state index is 0. The van der Waals surface area contributed by atoms with Gasteiger partial charge in [-0.1, -0.05) is 29.8 Å². The lowest BCUT2D eigenvalue weighted by molar-refractivity contribution is -0.131. The van der Waals surface area contributed by atoms with Crippen LogP contribution in [-0.4, -0.2) is 42.5 Å². The average molecular weight is 451 g/mol. The van der Waals surface area contributed by atoms with Crippen molar-refractivity contribution in [3.63, 3.8) is 0 Å². The number of carbonyl (C=O) groups excluding carboxylic acids is 1. The number of nitrogens with zero attached hydrogens (tertiary/aromatic N) is 2. The van der Waals surface area contributed by atoms with Crippen molar-refractivity contribution < 1.29 is 4.79 Å². The van der Waals surface area contributed by atoms with E-state index in [-0.39, 0.29) is 30.7 Å². The molecule has 1 aliphatic rings. The van der Waals surface area contributed by atoms with Crippen LogP contribution in [0.15, 0.2) is 29.6 Å². The minimum atomic E-state index is 0. The molecule has 0 saturated carbocycles. The van der Waals surface area contributed by atoms with Crippen molar-refractivity contribution in [1.29, 1.82) is 0 Å². The van der Waals surface area contributed by atoms with E-state index in [1.165, 1.54) is 6.42 Å². The summed E-state index contributed by atoms with van der Waals surface area (Å²) in [5.74, 6) is 0.922. The Morgan fingerprint density at radius 1 is 1.30 bits per heavy atom. The van der Waals surface area contributed by atoms with Gasteiger partial charge < -0.3 is 10.2 Å². The lowest BCUT2D eigenvalue weighted by atomic mass is 9.93. The van der Waals surface area contributed by atoms with Crippen molar-refractivity contribution in [2.45, 2.75) is 25.7 Å². The third-order valence-corrected chi connectivity index (χ3v) is 6.01. The summed E-state index contributed by atoms with van der Waals surface area (Å²) in [6.45, 7) is 2.80. The first-order valence-electron chi connectivity index (χ1n) is 8.79. The van der Waals surface area contributed by atoms with Crippen LogP contribution in [0.1, 0.15) is 25.0 Å². The molecule has 2 heterocycles. The zero-order valence-corrected chi connectivity index (χ0v) is 18.5. The quantitative estimate of drug-likeness (QED) is 0.694. The number of benzene rings is 1. The Morgan fingerprint density at radius 3 is 2.67 bits per heavy atom. The maximum Gasteiger partial charge on any atom is 0.228 e. The number of carbonyl (C=O) groups is 1. The standard InChI is InChI=1S/C19H24ClN3OS.2ClH/c1-21-9-6-14-7-10-23(11-8-14)18(24)12-15-13-25-19(22-15)16-4-2-3-5-17(16)20;;/h2-5,13-14,21H,6-12H2,1H3;2*1H. The topological polar surface area (TPSA) is 45.2 Å². The molecule has 0 bridgehead atoms. The normalized spacial score (nSPS) is 14.4. The molecule has 8 heteroatoms. The Hall–Kier alpha value is -0.850. The predicted molar refractivity (Wildman–Crippen MR) is 119 cm³/mol. The summed E-state index contributed by atoms with van der Waals surface area (Å²) in [6, 6.07) is 7.68. The molecular weight excluding hydrogens is 425 g/mol. The van der Waals surface area contributed by atoms with Crippen molar-refractivity contribution in [3.05, 3.63) is 40.4 Å². The Bertz CT molecular complexity index is 718. The molecule has 1 aliphatic heterocycles. The molecule has 1 aromatic heterocycles. The maximum atomic E-state index is 12.6. The highest BCUT2D eigenvalue weighted by Crippen LogP contribution is 2.30. The molecular formula is C19H26Cl3N3OS. The second kappa shape index (κ2) is 11.9. The van der Waals surface area contributed by atoms with E-state index in [0.29, 0.717) is 11.4 Å². The Balaban J connectivity index is 0.00000182. The zero-order valence-electron chi connectivity index (χ0n) is 15.3. The summed E-state index contributed by atoms with van der Waals surface area (Å²) in [7, 11) is 1.99. The van der Waals surface area contributed by atoms with Crippen LogP contribution in [-0.2, 0) is 11.2 Å². The average Bonchev–Trinajstić information content (AvgIpc) is 3.09.